The van der Waals surface area contributed by atoms with Crippen molar-refractivity contribution in [3.63, 3.8) is 0 Å². The lowest BCUT2D eigenvalue weighted by Gasteiger charge is -2.03. The number of carboxylic acid groups (broad SMARTS) is 1. The van der Waals surface area contributed by atoms with E-state index in [0.29, 0.717) is 11.8 Å². The first-order valence-corrected chi connectivity index (χ1v) is 4.67. The van der Waals surface area contributed by atoms with E-state index >= 15 is 0 Å². The van der Waals surface area contributed by atoms with Crippen molar-refractivity contribution in [3.8, 4) is 0 Å². The number of hydrogen-bond acceptors (Lipinski definition) is 4. The molecule has 0 heterocycles. The van der Waals surface area contributed by atoms with Crippen molar-refractivity contribution in [2.45, 2.75) is 10.4 Å². The third kappa shape index (κ3) is 2.91. The van der Waals surface area contributed by atoms with E-state index in [-0.39, 0.29) is 10.6 Å². The molecule has 15 heavy (non-hydrogen) atoms. The minimum absolute atomic E-state index is 0.00241. The normalized spacial score (nSPS) is 12.1. The summed E-state index contributed by atoms with van der Waals surface area (Å²) in [6, 6.07) is 5.40. The third-order valence-corrected chi connectivity index (χ3v) is 2.49. The summed E-state index contributed by atoms with van der Waals surface area (Å²) in [6.45, 7) is 0. The fourth-order valence-electron chi connectivity index (χ4n) is 0.870. The van der Waals surface area contributed by atoms with Crippen LogP contribution in [-0.2, 0) is 4.79 Å². The van der Waals surface area contributed by atoms with Crippen LogP contribution in [0.4, 0.5) is 10.1 Å². The maximum atomic E-state index is 12.8. The lowest BCUT2D eigenvalue weighted by molar-refractivity contribution is -0.387. The van der Waals surface area contributed by atoms with Gasteiger partial charge in [-0.05, 0) is 6.07 Å². The third-order valence-electron chi connectivity index (χ3n) is 1.49. The minimum Gasteiger partial charge on any atom is -0.478 e. The topological polar surface area (TPSA) is 80.4 Å². The van der Waals surface area contributed by atoms with E-state index < -0.39 is 16.4 Å². The zero-order chi connectivity index (χ0) is 11.4. The number of nitrogens with zero attached hydrogens (tertiary/aromatic N) is 1. The first-order valence-electron chi connectivity index (χ1n) is 3.79. The molecule has 0 saturated heterocycles. The van der Waals surface area contributed by atoms with Crippen LogP contribution < -0.4 is 0 Å². The van der Waals surface area contributed by atoms with E-state index in [1.807, 2.05) is 0 Å². The van der Waals surface area contributed by atoms with Gasteiger partial charge in [-0.3, -0.25) is 10.1 Å². The molecule has 1 aromatic rings. The summed E-state index contributed by atoms with van der Waals surface area (Å²) < 4.78 is 12.8. The summed E-state index contributed by atoms with van der Waals surface area (Å²) in [7, 11) is 0. The molecule has 1 unspecified atom stereocenters. The second-order valence-corrected chi connectivity index (χ2v) is 3.59. The molecule has 0 aliphatic carbocycles. The van der Waals surface area contributed by atoms with Crippen molar-refractivity contribution in [1.82, 2.24) is 0 Å². The van der Waals surface area contributed by atoms with Crippen LogP contribution in [0.2, 0.25) is 0 Å². The molecule has 0 spiro atoms. The van der Waals surface area contributed by atoms with Crippen LogP contribution in [0.25, 0.3) is 0 Å². The number of benzene rings is 1. The summed E-state index contributed by atoms with van der Waals surface area (Å²) in [5.41, 5.74) is -2.50. The lowest BCUT2D eigenvalue weighted by Crippen LogP contribution is -2.09. The van der Waals surface area contributed by atoms with E-state index in [9.17, 15) is 19.3 Å². The average Bonchev–Trinajstić information content (AvgIpc) is 2.18. The van der Waals surface area contributed by atoms with Crippen molar-refractivity contribution in [1.29, 1.82) is 0 Å². The standard InChI is InChI=1S/C8H6FNO4S/c9-7(8(11)12)15-6-4-2-1-3-5(6)10(13)14/h1-4,7H,(H,11,12). The molecule has 0 aliphatic heterocycles. The van der Waals surface area contributed by atoms with Crippen molar-refractivity contribution < 1.29 is 19.2 Å². The lowest BCUT2D eigenvalue weighted by atomic mass is 10.3. The van der Waals surface area contributed by atoms with Crippen molar-refractivity contribution in [2.24, 2.45) is 0 Å². The highest BCUT2D eigenvalue weighted by atomic mass is 32.2. The number of hydrogen-bond donors (Lipinski definition) is 1. The Morgan fingerprint density at radius 1 is 1.53 bits per heavy atom. The molecule has 5 nitrogen and oxygen atoms in total. The summed E-state index contributed by atoms with van der Waals surface area (Å²) in [5, 5.41) is 18.8. The Hall–Kier alpha value is -1.63. The molecule has 1 N–H and O–H groups in total. The highest BCUT2D eigenvalue weighted by Crippen LogP contribution is 2.32. The van der Waals surface area contributed by atoms with Crippen LogP contribution in [0.1, 0.15) is 0 Å². The van der Waals surface area contributed by atoms with Gasteiger partial charge in [-0.2, -0.15) is 0 Å². The number of para-hydroxylation sites is 1. The van der Waals surface area contributed by atoms with Crippen LogP contribution in [0.5, 0.6) is 0 Å². The second-order valence-electron chi connectivity index (χ2n) is 2.50. The second kappa shape index (κ2) is 4.74. The molecule has 0 aromatic heterocycles. The molecule has 1 aromatic carbocycles. The first kappa shape index (κ1) is 11.4. The fourth-order valence-corrected chi connectivity index (χ4v) is 1.61. The Labute approximate surface area is 88.1 Å². The number of nitro benzene ring substituents is 1. The summed E-state index contributed by atoms with van der Waals surface area (Å²) >= 11 is 0.299. The molecule has 0 aliphatic rings. The summed E-state index contributed by atoms with van der Waals surface area (Å²) in [5.74, 6) is -1.65. The molecule has 1 rings (SSSR count). The Balaban J connectivity index is 2.94. The summed E-state index contributed by atoms with van der Waals surface area (Å²) in [6.07, 6.45) is 0. The Kier molecular flexibility index (Phi) is 3.62. The van der Waals surface area contributed by atoms with Gasteiger partial charge in [0.2, 0.25) is 5.50 Å². The molecule has 1 atom stereocenters. The van der Waals surface area contributed by atoms with Gasteiger partial charge < -0.3 is 5.11 Å². The Morgan fingerprint density at radius 2 is 2.13 bits per heavy atom. The molecular formula is C8H6FNO4S. The zero-order valence-corrected chi connectivity index (χ0v) is 8.11. The average molecular weight is 231 g/mol. The molecule has 0 saturated carbocycles. The van der Waals surface area contributed by atoms with E-state index in [1.165, 1.54) is 24.3 Å². The van der Waals surface area contributed by atoms with Gasteiger partial charge in [0.1, 0.15) is 0 Å². The number of nitro groups is 1. The van der Waals surface area contributed by atoms with Crippen molar-refractivity contribution in [3.05, 3.63) is 34.4 Å². The van der Waals surface area contributed by atoms with Crippen LogP contribution >= 0.6 is 11.8 Å². The van der Waals surface area contributed by atoms with Gasteiger partial charge in [-0.25, -0.2) is 9.18 Å². The first-order chi connectivity index (χ1) is 7.02. The smallest absolute Gasteiger partial charge is 0.349 e. The highest BCUT2D eigenvalue weighted by Gasteiger charge is 2.22. The molecule has 0 amide bonds. The number of halogens is 1. The number of rotatable bonds is 4. The fraction of sp³-hybridized carbons (Fsp3) is 0.125. The Bertz CT molecular complexity index is 398. The molecule has 0 radical (unpaired) electrons. The van der Waals surface area contributed by atoms with Crippen molar-refractivity contribution >= 4 is 23.4 Å². The Morgan fingerprint density at radius 3 is 2.67 bits per heavy atom. The van der Waals surface area contributed by atoms with Crippen LogP contribution in [0.3, 0.4) is 0 Å². The maximum Gasteiger partial charge on any atom is 0.349 e. The van der Waals surface area contributed by atoms with Crippen LogP contribution in [-0.4, -0.2) is 21.5 Å². The molecule has 7 heteroatoms. The predicted molar refractivity (Wildman–Crippen MR) is 51.5 cm³/mol. The quantitative estimate of drug-likeness (QED) is 0.487. The highest BCUT2D eigenvalue weighted by molar-refractivity contribution is 8.00. The van der Waals surface area contributed by atoms with E-state index in [1.54, 1.807) is 0 Å². The van der Waals surface area contributed by atoms with Crippen LogP contribution in [0.15, 0.2) is 29.2 Å². The van der Waals surface area contributed by atoms with E-state index in [2.05, 4.69) is 0 Å². The summed E-state index contributed by atoms with van der Waals surface area (Å²) in [4.78, 5) is 20.0. The number of carbonyl (C=O) groups is 1. The van der Waals surface area contributed by atoms with E-state index in [0.717, 1.165) is 0 Å². The predicted octanol–water partition coefficient (Wildman–Crippen LogP) is 2.07. The molecular weight excluding hydrogens is 225 g/mol. The minimum atomic E-state index is -2.20. The molecule has 0 fully saturated rings. The number of aliphatic carboxylic acids is 1. The van der Waals surface area contributed by atoms with E-state index in [4.69, 9.17) is 5.11 Å². The van der Waals surface area contributed by atoms with Gasteiger partial charge in [0.25, 0.3) is 5.69 Å². The van der Waals surface area contributed by atoms with Crippen LogP contribution in [0, 0.1) is 10.1 Å². The SMILES string of the molecule is O=C(O)C(F)Sc1ccccc1[N+](=O)[O-]. The van der Waals surface area contributed by atoms with Gasteiger partial charge in [-0.15, -0.1) is 0 Å². The maximum absolute atomic E-state index is 12.8. The van der Waals surface area contributed by atoms with Gasteiger partial charge in [0.05, 0.1) is 9.82 Å². The van der Waals surface area contributed by atoms with Gasteiger partial charge >= 0.3 is 5.97 Å². The van der Waals surface area contributed by atoms with Gasteiger partial charge in [0, 0.05) is 6.07 Å². The largest absolute Gasteiger partial charge is 0.478 e. The number of thioether (sulfide) groups is 1. The number of alkyl halides is 1. The van der Waals surface area contributed by atoms with Gasteiger partial charge in [0.15, 0.2) is 0 Å². The monoisotopic (exact) mass is 231 g/mol. The zero-order valence-electron chi connectivity index (χ0n) is 7.29. The molecule has 0 bridgehead atoms. The molecule has 80 valence electrons. The van der Waals surface area contributed by atoms with Gasteiger partial charge in [-0.1, -0.05) is 23.9 Å². The number of carboxylic acids is 1. The van der Waals surface area contributed by atoms with Crippen molar-refractivity contribution in [2.75, 3.05) is 0 Å².